The Morgan fingerprint density at radius 3 is 2.35 bits per heavy atom. The predicted octanol–water partition coefficient (Wildman–Crippen LogP) is 2.71. The molecule has 0 spiro atoms. The van der Waals surface area contributed by atoms with Crippen LogP contribution >= 0.6 is 0 Å². The Labute approximate surface area is 101 Å². The molecule has 0 saturated heterocycles. The van der Waals surface area contributed by atoms with Gasteiger partial charge in [0.15, 0.2) is 5.90 Å². The highest BCUT2D eigenvalue weighted by atomic mass is 16.5. The Bertz CT molecular complexity index is 374. The van der Waals surface area contributed by atoms with Crippen molar-refractivity contribution in [2.75, 3.05) is 13.2 Å². The molecule has 4 nitrogen and oxygen atoms in total. The zero-order valence-corrected chi connectivity index (χ0v) is 10.2. The Hall–Kier alpha value is -1.84. The molecule has 0 atom stereocenters. The lowest BCUT2D eigenvalue weighted by Crippen LogP contribution is -2.13. The molecule has 4 heteroatoms. The van der Waals surface area contributed by atoms with Gasteiger partial charge in [0.05, 0.1) is 18.9 Å². The third-order valence-corrected chi connectivity index (χ3v) is 1.92. The molecule has 0 saturated carbocycles. The quantitative estimate of drug-likeness (QED) is 0.448. The van der Waals surface area contributed by atoms with Crippen LogP contribution in [0.3, 0.4) is 0 Å². The highest BCUT2D eigenvalue weighted by Crippen LogP contribution is 2.11. The first kappa shape index (κ1) is 13.2. The van der Waals surface area contributed by atoms with E-state index in [1.54, 1.807) is 6.92 Å². The molecular weight excluding hydrogens is 218 g/mol. The minimum atomic E-state index is -0.323. The normalized spacial score (nSPS) is 11.1. The van der Waals surface area contributed by atoms with E-state index in [4.69, 9.17) is 9.47 Å². The summed E-state index contributed by atoms with van der Waals surface area (Å²) in [6, 6.07) is 9.37. The van der Waals surface area contributed by atoms with E-state index in [1.165, 1.54) is 0 Å². The van der Waals surface area contributed by atoms with Crippen LogP contribution in [0.25, 0.3) is 0 Å². The van der Waals surface area contributed by atoms with E-state index in [-0.39, 0.29) is 12.4 Å². The van der Waals surface area contributed by atoms with Crippen LogP contribution in [0.4, 0.5) is 5.69 Å². The molecule has 1 rings (SSSR count). The lowest BCUT2D eigenvalue weighted by Gasteiger charge is -2.07. The first-order chi connectivity index (χ1) is 8.26. The number of hydrogen-bond donors (Lipinski definition) is 0. The van der Waals surface area contributed by atoms with Gasteiger partial charge in [0.1, 0.15) is 6.42 Å². The fourth-order valence-electron chi connectivity index (χ4n) is 1.27. The smallest absolute Gasteiger partial charge is 0.315 e. The Balaban J connectivity index is 2.71. The first-order valence-corrected chi connectivity index (χ1v) is 5.67. The second kappa shape index (κ2) is 7.44. The minimum absolute atomic E-state index is 0.0660. The number of rotatable bonds is 5. The topological polar surface area (TPSA) is 47.9 Å². The van der Waals surface area contributed by atoms with Crippen molar-refractivity contribution < 1.29 is 14.3 Å². The Morgan fingerprint density at radius 1 is 1.12 bits per heavy atom. The molecule has 0 heterocycles. The maximum absolute atomic E-state index is 11.3. The lowest BCUT2D eigenvalue weighted by atomic mass is 10.3. The molecule has 0 bridgehead atoms. The highest BCUT2D eigenvalue weighted by molar-refractivity contribution is 5.95. The summed E-state index contributed by atoms with van der Waals surface area (Å²) in [5.41, 5.74) is 0.764. The molecule has 1 aromatic rings. The Morgan fingerprint density at radius 2 is 1.76 bits per heavy atom. The van der Waals surface area contributed by atoms with Gasteiger partial charge in [0.25, 0.3) is 0 Å². The molecule has 0 N–H and O–H groups in total. The van der Waals surface area contributed by atoms with Crippen molar-refractivity contribution >= 4 is 17.6 Å². The van der Waals surface area contributed by atoms with Crippen molar-refractivity contribution in [2.45, 2.75) is 20.3 Å². The van der Waals surface area contributed by atoms with Crippen molar-refractivity contribution in [3.63, 3.8) is 0 Å². The van der Waals surface area contributed by atoms with Gasteiger partial charge in [-0.3, -0.25) is 4.79 Å². The summed E-state index contributed by atoms with van der Waals surface area (Å²) in [7, 11) is 0. The molecule has 0 radical (unpaired) electrons. The van der Waals surface area contributed by atoms with E-state index < -0.39 is 0 Å². The molecule has 0 unspecified atom stereocenters. The van der Waals surface area contributed by atoms with Crippen molar-refractivity contribution in [2.24, 2.45) is 4.99 Å². The van der Waals surface area contributed by atoms with E-state index in [0.29, 0.717) is 19.1 Å². The van der Waals surface area contributed by atoms with Gasteiger partial charge in [-0.2, -0.15) is 0 Å². The average Bonchev–Trinajstić information content (AvgIpc) is 2.31. The van der Waals surface area contributed by atoms with Gasteiger partial charge in [-0.25, -0.2) is 4.99 Å². The second-order valence-electron chi connectivity index (χ2n) is 3.26. The van der Waals surface area contributed by atoms with Gasteiger partial charge in [-0.1, -0.05) is 18.2 Å². The number of esters is 1. The van der Waals surface area contributed by atoms with Crippen LogP contribution < -0.4 is 0 Å². The van der Waals surface area contributed by atoms with Crippen LogP contribution in [-0.4, -0.2) is 25.1 Å². The minimum Gasteiger partial charge on any atom is -0.481 e. The predicted molar refractivity (Wildman–Crippen MR) is 66.4 cm³/mol. The van der Waals surface area contributed by atoms with Gasteiger partial charge in [0.2, 0.25) is 0 Å². The van der Waals surface area contributed by atoms with Gasteiger partial charge in [-0.15, -0.1) is 0 Å². The van der Waals surface area contributed by atoms with Crippen LogP contribution in [0.5, 0.6) is 0 Å². The van der Waals surface area contributed by atoms with Crippen LogP contribution in [-0.2, 0) is 14.3 Å². The van der Waals surface area contributed by atoms with E-state index in [9.17, 15) is 4.79 Å². The molecule has 1 aromatic carbocycles. The molecule has 0 aliphatic carbocycles. The van der Waals surface area contributed by atoms with Gasteiger partial charge < -0.3 is 9.47 Å². The number of hydrogen-bond acceptors (Lipinski definition) is 4. The second-order valence-corrected chi connectivity index (χ2v) is 3.26. The van der Waals surface area contributed by atoms with Crippen molar-refractivity contribution in [3.8, 4) is 0 Å². The van der Waals surface area contributed by atoms with Gasteiger partial charge >= 0.3 is 5.97 Å². The fraction of sp³-hybridized carbons (Fsp3) is 0.385. The van der Waals surface area contributed by atoms with Gasteiger partial charge in [-0.05, 0) is 26.0 Å². The van der Waals surface area contributed by atoms with Crippen LogP contribution in [0.15, 0.2) is 35.3 Å². The summed E-state index contributed by atoms with van der Waals surface area (Å²) in [5.74, 6) is 0.0628. The zero-order chi connectivity index (χ0) is 12.5. The van der Waals surface area contributed by atoms with E-state index >= 15 is 0 Å². The third-order valence-electron chi connectivity index (χ3n) is 1.92. The molecule has 17 heavy (non-hydrogen) atoms. The monoisotopic (exact) mass is 235 g/mol. The van der Waals surface area contributed by atoms with E-state index in [1.807, 2.05) is 37.3 Å². The van der Waals surface area contributed by atoms with Crippen LogP contribution in [0, 0.1) is 0 Å². The van der Waals surface area contributed by atoms with Crippen molar-refractivity contribution in [1.29, 1.82) is 0 Å². The maximum atomic E-state index is 11.3. The van der Waals surface area contributed by atoms with Crippen molar-refractivity contribution in [3.05, 3.63) is 30.3 Å². The van der Waals surface area contributed by atoms with Crippen molar-refractivity contribution in [1.82, 2.24) is 0 Å². The fourth-order valence-corrected chi connectivity index (χ4v) is 1.27. The lowest BCUT2D eigenvalue weighted by molar-refractivity contribution is -0.141. The number of carbonyl (C=O) groups is 1. The summed E-state index contributed by atoms with van der Waals surface area (Å²) in [6.07, 6.45) is 0.0660. The number of ether oxygens (including phenoxy) is 2. The molecule has 92 valence electrons. The van der Waals surface area contributed by atoms with Crippen LogP contribution in [0.2, 0.25) is 0 Å². The van der Waals surface area contributed by atoms with E-state index in [0.717, 1.165) is 5.69 Å². The third kappa shape index (κ3) is 5.15. The molecule has 0 aliphatic heterocycles. The number of aliphatic imine (C=N–C) groups is 1. The summed E-state index contributed by atoms with van der Waals surface area (Å²) < 4.78 is 10.2. The largest absolute Gasteiger partial charge is 0.481 e. The molecule has 0 fully saturated rings. The van der Waals surface area contributed by atoms with Crippen LogP contribution in [0.1, 0.15) is 20.3 Å². The average molecular weight is 235 g/mol. The summed E-state index contributed by atoms with van der Waals surface area (Å²) in [6.45, 7) is 4.47. The summed E-state index contributed by atoms with van der Waals surface area (Å²) in [5, 5.41) is 0. The molecule has 0 aromatic heterocycles. The number of nitrogens with zero attached hydrogens (tertiary/aromatic N) is 1. The molecule has 0 aliphatic rings. The number of benzene rings is 1. The summed E-state index contributed by atoms with van der Waals surface area (Å²) >= 11 is 0. The molecular formula is C13H17NO3. The molecule has 0 amide bonds. The maximum Gasteiger partial charge on any atom is 0.315 e. The summed E-state index contributed by atoms with van der Waals surface area (Å²) in [4.78, 5) is 15.6. The number of para-hydroxylation sites is 1. The Kier molecular flexibility index (Phi) is 5.79. The number of carbonyl (C=O) groups excluding carboxylic acids is 1. The SMILES string of the molecule is CCOC(=O)CC(=Nc1ccccc1)OCC. The first-order valence-electron chi connectivity index (χ1n) is 5.67. The van der Waals surface area contributed by atoms with Gasteiger partial charge in [0, 0.05) is 0 Å². The zero-order valence-electron chi connectivity index (χ0n) is 10.2. The van der Waals surface area contributed by atoms with E-state index in [2.05, 4.69) is 4.99 Å². The standard InChI is InChI=1S/C13H17NO3/c1-3-16-12(10-13(15)17-4-2)14-11-8-6-5-7-9-11/h5-9H,3-4,10H2,1-2H3. The highest BCUT2D eigenvalue weighted by Gasteiger charge is 2.09.